The maximum Gasteiger partial charge on any atom is 0.155 e. The summed E-state index contributed by atoms with van der Waals surface area (Å²) < 4.78 is 23.4. The van der Waals surface area contributed by atoms with Gasteiger partial charge in [-0.1, -0.05) is 37.5 Å². The van der Waals surface area contributed by atoms with E-state index in [1.165, 1.54) is 11.0 Å². The van der Waals surface area contributed by atoms with Gasteiger partial charge in [0.05, 0.1) is 27.4 Å². The van der Waals surface area contributed by atoms with Crippen molar-refractivity contribution in [3.63, 3.8) is 0 Å². The van der Waals surface area contributed by atoms with E-state index in [-0.39, 0.29) is 5.41 Å². The molecule has 1 heterocycles. The normalized spacial score (nSPS) is 27.4. The Morgan fingerprint density at radius 1 is 0.786 bits per heavy atom. The minimum atomic E-state index is -2.47. The van der Waals surface area contributed by atoms with E-state index in [1.807, 2.05) is 48.5 Å². The molecule has 0 bridgehead atoms. The molecule has 2 aromatic carbocycles. The Morgan fingerprint density at radius 3 is 1.46 bits per heavy atom. The summed E-state index contributed by atoms with van der Waals surface area (Å²) in [6.45, 7) is 5.29. The second-order valence-corrected chi connectivity index (χ2v) is 20.4. The van der Waals surface area contributed by atoms with Crippen LogP contribution in [0, 0.1) is 5.41 Å². The molecule has 0 N–H and O–H groups in total. The smallest absolute Gasteiger partial charge is 0.155 e. The van der Waals surface area contributed by atoms with E-state index in [0.717, 1.165) is 22.1 Å². The average molecular weight is 475 g/mol. The van der Waals surface area contributed by atoms with Crippen molar-refractivity contribution >= 4 is 56.2 Å². The molecule has 0 saturated carbocycles. The molecule has 0 unspecified atom stereocenters. The Kier molecular flexibility index (Phi) is 6.98. The molecule has 1 aliphatic rings. The van der Waals surface area contributed by atoms with Crippen molar-refractivity contribution in [1.29, 1.82) is 0 Å². The largest absolute Gasteiger partial charge is 0.497 e. The molecule has 2 atom stereocenters. The van der Waals surface area contributed by atoms with E-state index in [4.69, 9.17) is 42.1 Å². The predicted octanol–water partition coefficient (Wildman–Crippen LogP) is 5.08. The predicted molar refractivity (Wildman–Crippen MR) is 127 cm³/mol. The van der Waals surface area contributed by atoms with Crippen molar-refractivity contribution in [2.75, 3.05) is 27.4 Å². The lowest BCUT2D eigenvalue weighted by molar-refractivity contribution is 0.129. The number of hydrogen-bond donors (Lipinski definition) is 0. The van der Waals surface area contributed by atoms with E-state index in [2.05, 4.69) is 13.8 Å². The van der Waals surface area contributed by atoms with Crippen molar-refractivity contribution in [1.82, 2.24) is 0 Å². The zero-order chi connectivity index (χ0) is 20.4. The van der Waals surface area contributed by atoms with Crippen LogP contribution in [0.5, 0.6) is 11.5 Å². The van der Waals surface area contributed by atoms with E-state index in [0.29, 0.717) is 13.2 Å². The van der Waals surface area contributed by atoms with Crippen LogP contribution in [0.15, 0.2) is 48.5 Å². The van der Waals surface area contributed by atoms with Gasteiger partial charge in [-0.25, -0.2) is 0 Å². The molecule has 1 fully saturated rings. The van der Waals surface area contributed by atoms with Crippen molar-refractivity contribution in [3.8, 4) is 11.5 Å². The number of benzene rings is 2. The van der Waals surface area contributed by atoms with Gasteiger partial charge in [-0.15, -0.1) is 0 Å². The van der Waals surface area contributed by atoms with E-state index in [1.54, 1.807) is 14.2 Å². The molecule has 0 amide bonds. The lowest BCUT2D eigenvalue weighted by atomic mass is 9.97. The van der Waals surface area contributed by atoms with Crippen LogP contribution in [0.4, 0.5) is 0 Å². The molecule has 1 aliphatic heterocycles. The summed E-state index contributed by atoms with van der Waals surface area (Å²) in [5, 5.41) is 1.94. The Labute approximate surface area is 181 Å². The molecular weight excluding hydrogens is 450 g/mol. The van der Waals surface area contributed by atoms with Gasteiger partial charge in [-0.2, -0.15) is 0 Å². The summed E-state index contributed by atoms with van der Waals surface area (Å²) >= 11 is 13.8. The molecule has 4 nitrogen and oxygen atoms in total. The van der Waals surface area contributed by atoms with Gasteiger partial charge in [0.15, 0.2) is 10.9 Å². The first-order chi connectivity index (χ1) is 13.2. The molecule has 0 spiro atoms. The Bertz CT molecular complexity index is 840. The van der Waals surface area contributed by atoms with Gasteiger partial charge in [0.25, 0.3) is 0 Å². The maximum atomic E-state index is 6.41. The summed E-state index contributed by atoms with van der Waals surface area (Å²) in [6.07, 6.45) is 0. The molecule has 152 valence electrons. The quantitative estimate of drug-likeness (QED) is 0.572. The SMILES string of the molecule is COc1ccc([P@@]2(=S)OCC(C)(C)CO[P@](=S)(c3ccc(OC)cc3)S2)cc1. The molecule has 9 heteroatoms. The zero-order valence-electron chi connectivity index (χ0n) is 16.3. The molecule has 0 aromatic heterocycles. The minimum absolute atomic E-state index is 0.173. The lowest BCUT2D eigenvalue weighted by Gasteiger charge is -2.37. The second-order valence-electron chi connectivity index (χ2n) is 7.18. The van der Waals surface area contributed by atoms with Crippen LogP contribution in [0.1, 0.15) is 13.8 Å². The lowest BCUT2D eigenvalue weighted by Crippen LogP contribution is -2.27. The van der Waals surface area contributed by atoms with E-state index in [9.17, 15) is 0 Å². The van der Waals surface area contributed by atoms with Crippen molar-refractivity contribution in [2.24, 2.45) is 5.41 Å². The highest BCUT2D eigenvalue weighted by Gasteiger charge is 2.38. The van der Waals surface area contributed by atoms with Crippen molar-refractivity contribution in [3.05, 3.63) is 48.5 Å². The third kappa shape index (κ3) is 5.02. The van der Waals surface area contributed by atoms with Gasteiger partial charge < -0.3 is 18.5 Å². The number of methoxy groups -OCH3 is 2. The third-order valence-corrected chi connectivity index (χ3v) is 20.0. The van der Waals surface area contributed by atoms with Crippen LogP contribution in [0.25, 0.3) is 0 Å². The van der Waals surface area contributed by atoms with Crippen LogP contribution in [-0.4, -0.2) is 27.4 Å². The van der Waals surface area contributed by atoms with Gasteiger partial charge in [0.1, 0.15) is 11.5 Å². The minimum Gasteiger partial charge on any atom is -0.497 e. The Hall–Kier alpha value is -0.390. The molecule has 0 radical (unpaired) electrons. The number of ether oxygens (including phenoxy) is 2. The van der Waals surface area contributed by atoms with Gasteiger partial charge in [0, 0.05) is 16.0 Å². The highest BCUT2D eigenvalue weighted by molar-refractivity contribution is 9.00. The van der Waals surface area contributed by atoms with Crippen LogP contribution in [0.2, 0.25) is 0 Å². The van der Waals surface area contributed by atoms with Crippen LogP contribution in [-0.2, 0) is 32.7 Å². The summed E-state index contributed by atoms with van der Waals surface area (Å²) in [5.74, 6) is 1.57. The van der Waals surface area contributed by atoms with Gasteiger partial charge >= 0.3 is 0 Å². The monoisotopic (exact) mass is 474 g/mol. The summed E-state index contributed by atoms with van der Waals surface area (Å²) in [4.78, 5) is 0. The fraction of sp³-hybridized carbons (Fsp3) is 0.368. The fourth-order valence-electron chi connectivity index (χ4n) is 2.52. The topological polar surface area (TPSA) is 36.9 Å². The standard InChI is InChI=1S/C19H24O4P2S3/c1-19(2)13-22-24(26,17-9-5-15(20-3)6-10-17)28-25(27,23-14-19)18-11-7-16(21-4)8-12-18/h5-12H,13-14H2,1-4H3/t24-,25-/m0/s1. The first-order valence-corrected chi connectivity index (χ1v) is 16.2. The molecule has 28 heavy (non-hydrogen) atoms. The first kappa shape index (κ1) is 22.3. The van der Waals surface area contributed by atoms with Crippen molar-refractivity contribution in [2.45, 2.75) is 13.8 Å². The number of hydrogen-bond acceptors (Lipinski definition) is 7. The fourth-order valence-corrected chi connectivity index (χ4v) is 20.5. The highest BCUT2D eigenvalue weighted by atomic mass is 33.2. The third-order valence-electron chi connectivity index (χ3n) is 4.24. The number of rotatable bonds is 4. The second kappa shape index (κ2) is 8.77. The van der Waals surface area contributed by atoms with E-state index < -0.39 is 10.9 Å². The van der Waals surface area contributed by atoms with Crippen LogP contribution in [0.3, 0.4) is 0 Å². The Balaban J connectivity index is 2.03. The van der Waals surface area contributed by atoms with Gasteiger partial charge in [0.2, 0.25) is 0 Å². The van der Waals surface area contributed by atoms with Crippen molar-refractivity contribution < 1.29 is 18.5 Å². The first-order valence-electron chi connectivity index (χ1n) is 8.69. The van der Waals surface area contributed by atoms with Crippen LogP contribution >= 0.6 is 21.9 Å². The van der Waals surface area contributed by atoms with Gasteiger partial charge in [-0.3, -0.25) is 0 Å². The molecule has 1 saturated heterocycles. The zero-order valence-corrected chi connectivity index (χ0v) is 20.5. The van der Waals surface area contributed by atoms with Crippen LogP contribution < -0.4 is 20.1 Å². The molecule has 0 aliphatic carbocycles. The molecular formula is C19H24O4P2S3. The van der Waals surface area contributed by atoms with Gasteiger partial charge in [-0.05, 0) is 59.5 Å². The Morgan fingerprint density at radius 2 is 1.14 bits per heavy atom. The summed E-state index contributed by atoms with van der Waals surface area (Å²) in [7, 11) is 3.29. The average Bonchev–Trinajstić information content (AvgIpc) is 2.70. The summed E-state index contributed by atoms with van der Waals surface area (Å²) in [6, 6.07) is 15.6. The molecule has 2 aromatic rings. The summed E-state index contributed by atoms with van der Waals surface area (Å²) in [5.41, 5.74) is -5.11. The highest BCUT2D eigenvalue weighted by Crippen LogP contribution is 2.78. The molecule has 3 rings (SSSR count). The maximum absolute atomic E-state index is 6.41. The van der Waals surface area contributed by atoms with E-state index >= 15 is 0 Å².